The number of hydrogen-bond acceptors (Lipinski definition) is 2. The van der Waals surface area contributed by atoms with E-state index in [0.717, 1.165) is 19.4 Å². The molecule has 0 aromatic heterocycles. The van der Waals surface area contributed by atoms with Gasteiger partial charge in [0.25, 0.3) is 0 Å². The van der Waals surface area contributed by atoms with Crippen LogP contribution in [0.1, 0.15) is 38.5 Å². The fourth-order valence-corrected chi connectivity index (χ4v) is 2.52. The van der Waals surface area contributed by atoms with Gasteiger partial charge in [0.1, 0.15) is 0 Å². The fraction of sp³-hybridized carbons (Fsp3) is 1.00. The van der Waals surface area contributed by atoms with Crippen molar-refractivity contribution in [2.75, 3.05) is 6.54 Å². The largest absolute Gasteiger partial charge is 0.393 e. The van der Waals surface area contributed by atoms with Crippen LogP contribution in [0.4, 0.5) is 0 Å². The summed E-state index contributed by atoms with van der Waals surface area (Å²) >= 11 is 0. The second kappa shape index (κ2) is 3.95. The highest BCUT2D eigenvalue weighted by Gasteiger charge is 2.38. The Bertz CT molecular complexity index is 140. The predicted octanol–water partition coefficient (Wildman–Crippen LogP) is 1.47. The van der Waals surface area contributed by atoms with Crippen LogP contribution in [0.5, 0.6) is 0 Å². The van der Waals surface area contributed by atoms with Gasteiger partial charge in [0, 0.05) is 5.54 Å². The monoisotopic (exact) mass is 191 g/mol. The summed E-state index contributed by atoms with van der Waals surface area (Å²) in [6.45, 7) is 1.16. The molecule has 0 amide bonds. The minimum Gasteiger partial charge on any atom is -0.393 e. The molecule has 1 spiro atoms. The highest BCUT2D eigenvalue weighted by molar-refractivity contribution is 5.85. The lowest BCUT2D eigenvalue weighted by Gasteiger charge is -2.34. The molecule has 2 atom stereocenters. The predicted molar refractivity (Wildman–Crippen MR) is 51.7 cm³/mol. The van der Waals surface area contributed by atoms with E-state index >= 15 is 0 Å². The van der Waals surface area contributed by atoms with Gasteiger partial charge in [0.2, 0.25) is 0 Å². The van der Waals surface area contributed by atoms with E-state index < -0.39 is 0 Å². The third kappa shape index (κ3) is 1.93. The van der Waals surface area contributed by atoms with E-state index in [4.69, 9.17) is 0 Å². The zero-order chi connectivity index (χ0) is 7.73. The van der Waals surface area contributed by atoms with Crippen LogP contribution in [0.25, 0.3) is 0 Å². The molecule has 3 heteroatoms. The average molecular weight is 192 g/mol. The van der Waals surface area contributed by atoms with Gasteiger partial charge < -0.3 is 10.4 Å². The molecule has 0 bridgehead atoms. The molecule has 0 aromatic rings. The van der Waals surface area contributed by atoms with Gasteiger partial charge in [-0.3, -0.25) is 0 Å². The Morgan fingerprint density at radius 1 is 1.25 bits per heavy atom. The molecular formula is C9H18ClNO. The third-order valence-corrected chi connectivity index (χ3v) is 3.16. The molecule has 2 fully saturated rings. The first-order valence-corrected chi connectivity index (χ1v) is 4.74. The van der Waals surface area contributed by atoms with Crippen LogP contribution in [0.3, 0.4) is 0 Å². The Balaban J connectivity index is 0.000000720. The van der Waals surface area contributed by atoms with Crippen molar-refractivity contribution in [3.63, 3.8) is 0 Å². The summed E-state index contributed by atoms with van der Waals surface area (Å²) in [6.07, 6.45) is 7.11. The number of rotatable bonds is 0. The molecule has 2 N–H and O–H groups in total. The van der Waals surface area contributed by atoms with Gasteiger partial charge in [-0.05, 0) is 38.6 Å². The van der Waals surface area contributed by atoms with Crippen molar-refractivity contribution in [1.29, 1.82) is 0 Å². The topological polar surface area (TPSA) is 32.3 Å². The summed E-state index contributed by atoms with van der Waals surface area (Å²) in [5, 5.41) is 13.0. The number of hydrogen-bond donors (Lipinski definition) is 2. The van der Waals surface area contributed by atoms with E-state index in [9.17, 15) is 5.11 Å². The molecule has 0 aromatic carbocycles. The summed E-state index contributed by atoms with van der Waals surface area (Å²) in [5.41, 5.74) is 0.345. The summed E-state index contributed by atoms with van der Waals surface area (Å²) in [4.78, 5) is 0. The third-order valence-electron chi connectivity index (χ3n) is 3.16. The fourth-order valence-electron chi connectivity index (χ4n) is 2.52. The second-order valence-electron chi connectivity index (χ2n) is 4.06. The molecule has 72 valence electrons. The van der Waals surface area contributed by atoms with Crippen molar-refractivity contribution < 1.29 is 5.11 Å². The highest BCUT2D eigenvalue weighted by Crippen LogP contribution is 2.35. The Morgan fingerprint density at radius 2 is 2.08 bits per heavy atom. The number of piperidine rings is 1. The molecule has 12 heavy (non-hydrogen) atoms. The lowest BCUT2D eigenvalue weighted by molar-refractivity contribution is 0.159. The van der Waals surface area contributed by atoms with Crippen LogP contribution in [0, 0.1) is 0 Å². The van der Waals surface area contributed by atoms with E-state index in [1.165, 1.54) is 25.7 Å². The molecule has 1 aliphatic heterocycles. The van der Waals surface area contributed by atoms with Crippen molar-refractivity contribution in [3.8, 4) is 0 Å². The van der Waals surface area contributed by atoms with E-state index in [1.54, 1.807) is 0 Å². The summed E-state index contributed by atoms with van der Waals surface area (Å²) in [7, 11) is 0. The number of aliphatic hydroxyl groups excluding tert-OH is 1. The lowest BCUT2D eigenvalue weighted by atomic mass is 9.87. The van der Waals surface area contributed by atoms with Crippen molar-refractivity contribution in [2.45, 2.75) is 50.2 Å². The van der Waals surface area contributed by atoms with E-state index in [2.05, 4.69) is 5.32 Å². The quantitative estimate of drug-likeness (QED) is 0.608. The SMILES string of the molecule is Cl.O[C@@H]1CC[C@@]2(CCCCN2)C1. The Labute approximate surface area is 80.1 Å². The molecule has 2 aliphatic rings. The standard InChI is InChI=1S/C9H17NO.ClH/c11-8-3-5-9(7-8)4-1-2-6-10-9;/h8,10-11H,1-7H2;1H/t8-,9+;/m1./s1. The van der Waals surface area contributed by atoms with Gasteiger partial charge in [-0.25, -0.2) is 0 Å². The van der Waals surface area contributed by atoms with Crippen LogP contribution < -0.4 is 5.32 Å². The molecule has 1 saturated carbocycles. The number of halogens is 1. The number of aliphatic hydroxyl groups is 1. The maximum absolute atomic E-state index is 9.41. The van der Waals surface area contributed by atoms with Crippen LogP contribution in [0.2, 0.25) is 0 Å². The molecule has 2 nitrogen and oxygen atoms in total. The van der Waals surface area contributed by atoms with E-state index in [-0.39, 0.29) is 18.5 Å². The maximum atomic E-state index is 9.41. The summed E-state index contributed by atoms with van der Waals surface area (Å²) in [6, 6.07) is 0. The van der Waals surface area contributed by atoms with Crippen LogP contribution in [0.15, 0.2) is 0 Å². The molecule has 1 heterocycles. The van der Waals surface area contributed by atoms with E-state index in [0.29, 0.717) is 5.54 Å². The summed E-state index contributed by atoms with van der Waals surface area (Å²) < 4.78 is 0. The molecule has 0 radical (unpaired) electrons. The average Bonchev–Trinajstić information content (AvgIpc) is 2.34. The first-order valence-electron chi connectivity index (χ1n) is 4.74. The van der Waals surface area contributed by atoms with Crippen molar-refractivity contribution in [1.82, 2.24) is 5.32 Å². The first kappa shape index (κ1) is 10.3. The van der Waals surface area contributed by atoms with Gasteiger partial charge in [-0.15, -0.1) is 12.4 Å². The minimum atomic E-state index is -0.0272. The lowest BCUT2D eigenvalue weighted by Crippen LogP contribution is -2.46. The van der Waals surface area contributed by atoms with Crippen LogP contribution in [-0.4, -0.2) is 23.3 Å². The van der Waals surface area contributed by atoms with Crippen molar-refractivity contribution in [3.05, 3.63) is 0 Å². The van der Waals surface area contributed by atoms with Gasteiger partial charge >= 0.3 is 0 Å². The number of nitrogens with one attached hydrogen (secondary N) is 1. The van der Waals surface area contributed by atoms with Gasteiger partial charge in [0.15, 0.2) is 0 Å². The minimum absolute atomic E-state index is 0. The second-order valence-corrected chi connectivity index (χ2v) is 4.06. The van der Waals surface area contributed by atoms with Crippen LogP contribution >= 0.6 is 12.4 Å². The molecule has 1 saturated heterocycles. The van der Waals surface area contributed by atoms with Crippen molar-refractivity contribution in [2.24, 2.45) is 0 Å². The van der Waals surface area contributed by atoms with Crippen LogP contribution in [-0.2, 0) is 0 Å². The molecule has 1 aliphatic carbocycles. The maximum Gasteiger partial charge on any atom is 0.0558 e. The zero-order valence-corrected chi connectivity index (χ0v) is 8.20. The van der Waals surface area contributed by atoms with Crippen molar-refractivity contribution >= 4 is 12.4 Å². The molecule has 2 rings (SSSR count). The molecular weight excluding hydrogens is 174 g/mol. The van der Waals surface area contributed by atoms with Gasteiger partial charge in [0.05, 0.1) is 6.10 Å². The Kier molecular flexibility index (Phi) is 3.38. The Hall–Kier alpha value is 0.210. The Morgan fingerprint density at radius 3 is 2.58 bits per heavy atom. The normalized spacial score (nSPS) is 41.2. The molecule has 0 unspecified atom stereocenters. The highest BCUT2D eigenvalue weighted by atomic mass is 35.5. The van der Waals surface area contributed by atoms with Gasteiger partial charge in [-0.1, -0.05) is 6.42 Å². The van der Waals surface area contributed by atoms with Gasteiger partial charge in [-0.2, -0.15) is 0 Å². The smallest absolute Gasteiger partial charge is 0.0558 e. The summed E-state index contributed by atoms with van der Waals surface area (Å²) in [5.74, 6) is 0. The first-order chi connectivity index (χ1) is 5.31. The zero-order valence-electron chi connectivity index (χ0n) is 7.38. The van der Waals surface area contributed by atoms with E-state index in [1.807, 2.05) is 0 Å².